The molecular formula is C11H11Br. The van der Waals surface area contributed by atoms with Crippen molar-refractivity contribution < 1.29 is 0 Å². The van der Waals surface area contributed by atoms with E-state index in [0.717, 1.165) is 10.9 Å². The third kappa shape index (κ3) is 3.05. The fourth-order valence-corrected chi connectivity index (χ4v) is 1.01. The Labute approximate surface area is 81.7 Å². The Morgan fingerprint density at radius 3 is 2.58 bits per heavy atom. The smallest absolute Gasteiger partial charge is 0.0277 e. The molecule has 0 saturated heterocycles. The van der Waals surface area contributed by atoms with Crippen molar-refractivity contribution in [3.8, 4) is 0 Å². The van der Waals surface area contributed by atoms with Crippen LogP contribution in [0.1, 0.15) is 5.56 Å². The van der Waals surface area contributed by atoms with E-state index in [4.69, 9.17) is 0 Å². The topological polar surface area (TPSA) is 0 Å². The van der Waals surface area contributed by atoms with Crippen molar-refractivity contribution in [2.75, 3.05) is 5.33 Å². The highest BCUT2D eigenvalue weighted by molar-refractivity contribution is 9.09. The molecule has 0 unspecified atom stereocenters. The Hall–Kier alpha value is -0.820. The molecule has 1 heteroatoms. The predicted molar refractivity (Wildman–Crippen MR) is 58.4 cm³/mol. The van der Waals surface area contributed by atoms with Crippen LogP contribution in [0.15, 0.2) is 48.6 Å². The molecule has 1 rings (SSSR count). The fourth-order valence-electron chi connectivity index (χ4n) is 0.823. The zero-order valence-corrected chi connectivity index (χ0v) is 8.42. The van der Waals surface area contributed by atoms with Gasteiger partial charge in [0.2, 0.25) is 0 Å². The van der Waals surface area contributed by atoms with Crippen molar-refractivity contribution >= 4 is 22.0 Å². The van der Waals surface area contributed by atoms with E-state index in [9.17, 15) is 0 Å². The van der Waals surface area contributed by atoms with Crippen molar-refractivity contribution in [1.29, 1.82) is 0 Å². The molecule has 0 spiro atoms. The van der Waals surface area contributed by atoms with Crippen LogP contribution in [0.5, 0.6) is 0 Å². The maximum atomic E-state index is 3.85. The minimum atomic E-state index is 0.830. The van der Waals surface area contributed by atoms with Crippen LogP contribution >= 0.6 is 15.9 Å². The minimum Gasteiger partial charge on any atom is -0.0950 e. The van der Waals surface area contributed by atoms with E-state index in [2.05, 4.69) is 40.7 Å². The standard InChI is InChI=1S/C11H11Br/c1-10(9-12)7-8-11-5-3-2-4-6-11/h2-8H,1,9H2/b8-7+. The number of hydrogen-bond acceptors (Lipinski definition) is 0. The van der Waals surface area contributed by atoms with Gasteiger partial charge in [-0.3, -0.25) is 0 Å². The average Bonchev–Trinajstić information content (AvgIpc) is 2.16. The second kappa shape index (κ2) is 4.94. The Kier molecular flexibility index (Phi) is 3.81. The van der Waals surface area contributed by atoms with E-state index in [-0.39, 0.29) is 0 Å². The highest BCUT2D eigenvalue weighted by Gasteiger charge is 1.84. The Morgan fingerprint density at radius 1 is 1.33 bits per heavy atom. The molecule has 0 N–H and O–H groups in total. The van der Waals surface area contributed by atoms with Gasteiger partial charge in [0.15, 0.2) is 0 Å². The lowest BCUT2D eigenvalue weighted by molar-refractivity contribution is 1.60. The average molecular weight is 223 g/mol. The lowest BCUT2D eigenvalue weighted by Gasteiger charge is -1.92. The third-order valence-electron chi connectivity index (χ3n) is 1.48. The summed E-state index contributed by atoms with van der Waals surface area (Å²) >= 11 is 3.34. The summed E-state index contributed by atoms with van der Waals surface area (Å²) in [5, 5.41) is 0.830. The third-order valence-corrected chi connectivity index (χ3v) is 2.20. The van der Waals surface area contributed by atoms with E-state index in [0.29, 0.717) is 0 Å². The maximum absolute atomic E-state index is 3.85. The molecule has 0 bridgehead atoms. The lowest BCUT2D eigenvalue weighted by atomic mass is 10.2. The maximum Gasteiger partial charge on any atom is 0.0277 e. The number of hydrogen-bond donors (Lipinski definition) is 0. The second-order valence-electron chi connectivity index (χ2n) is 2.54. The molecule has 0 aromatic heterocycles. The minimum absolute atomic E-state index is 0.830. The molecular weight excluding hydrogens is 212 g/mol. The Morgan fingerprint density at radius 2 is 2.00 bits per heavy atom. The molecule has 0 heterocycles. The zero-order chi connectivity index (χ0) is 8.81. The number of rotatable bonds is 3. The summed E-state index contributed by atoms with van der Waals surface area (Å²) in [5.74, 6) is 0. The van der Waals surface area contributed by atoms with Crippen LogP contribution in [-0.4, -0.2) is 5.33 Å². The van der Waals surface area contributed by atoms with Gasteiger partial charge in [-0.05, 0) is 11.1 Å². The summed E-state index contributed by atoms with van der Waals surface area (Å²) in [6.07, 6.45) is 4.08. The van der Waals surface area contributed by atoms with E-state index in [1.807, 2.05) is 24.3 Å². The summed E-state index contributed by atoms with van der Waals surface area (Å²) in [6.45, 7) is 3.85. The second-order valence-corrected chi connectivity index (χ2v) is 3.10. The first kappa shape index (κ1) is 9.27. The van der Waals surface area contributed by atoms with Crippen molar-refractivity contribution in [2.24, 2.45) is 0 Å². The fraction of sp³-hybridized carbons (Fsp3) is 0.0909. The van der Waals surface area contributed by atoms with Gasteiger partial charge in [-0.15, -0.1) is 0 Å². The summed E-state index contributed by atoms with van der Waals surface area (Å²) < 4.78 is 0. The van der Waals surface area contributed by atoms with E-state index in [1.165, 1.54) is 5.56 Å². The van der Waals surface area contributed by atoms with Crippen LogP contribution in [0, 0.1) is 0 Å². The number of benzene rings is 1. The molecule has 12 heavy (non-hydrogen) atoms. The molecule has 1 aromatic rings. The van der Waals surface area contributed by atoms with Crippen LogP contribution in [0.2, 0.25) is 0 Å². The van der Waals surface area contributed by atoms with E-state index < -0.39 is 0 Å². The molecule has 0 aliphatic rings. The summed E-state index contributed by atoms with van der Waals surface area (Å²) in [4.78, 5) is 0. The summed E-state index contributed by atoms with van der Waals surface area (Å²) in [6, 6.07) is 10.2. The SMILES string of the molecule is C=C(/C=C/c1ccccc1)CBr. The van der Waals surface area contributed by atoms with Crippen LogP contribution < -0.4 is 0 Å². The zero-order valence-electron chi connectivity index (χ0n) is 6.83. The highest BCUT2D eigenvalue weighted by Crippen LogP contribution is 2.05. The first-order valence-corrected chi connectivity index (χ1v) is 4.92. The van der Waals surface area contributed by atoms with Crippen molar-refractivity contribution in [3.63, 3.8) is 0 Å². The van der Waals surface area contributed by atoms with Gasteiger partial charge in [-0.2, -0.15) is 0 Å². The normalized spacial score (nSPS) is 10.4. The number of allylic oxidation sites excluding steroid dienone is 2. The van der Waals surface area contributed by atoms with Gasteiger partial charge in [0.25, 0.3) is 0 Å². The molecule has 0 amide bonds. The molecule has 62 valence electrons. The molecule has 0 saturated carbocycles. The number of alkyl halides is 1. The molecule has 1 aromatic carbocycles. The lowest BCUT2D eigenvalue weighted by Crippen LogP contribution is -1.74. The Bertz CT molecular complexity index is 272. The van der Waals surface area contributed by atoms with Gasteiger partial charge in [-0.1, -0.05) is 65.0 Å². The van der Waals surface area contributed by atoms with Gasteiger partial charge in [-0.25, -0.2) is 0 Å². The first-order valence-electron chi connectivity index (χ1n) is 3.80. The van der Waals surface area contributed by atoms with Crippen LogP contribution in [-0.2, 0) is 0 Å². The van der Waals surface area contributed by atoms with Gasteiger partial charge < -0.3 is 0 Å². The number of halogens is 1. The largest absolute Gasteiger partial charge is 0.0950 e. The monoisotopic (exact) mass is 222 g/mol. The molecule has 0 atom stereocenters. The molecule has 0 aliphatic heterocycles. The van der Waals surface area contributed by atoms with Gasteiger partial charge in [0.05, 0.1) is 0 Å². The first-order chi connectivity index (χ1) is 5.83. The van der Waals surface area contributed by atoms with Crippen LogP contribution in [0.25, 0.3) is 6.08 Å². The van der Waals surface area contributed by atoms with Crippen molar-refractivity contribution in [2.45, 2.75) is 0 Å². The van der Waals surface area contributed by atoms with Gasteiger partial charge in [0.1, 0.15) is 0 Å². The van der Waals surface area contributed by atoms with Gasteiger partial charge >= 0.3 is 0 Å². The molecule has 0 fully saturated rings. The van der Waals surface area contributed by atoms with Crippen molar-refractivity contribution in [1.82, 2.24) is 0 Å². The summed E-state index contributed by atoms with van der Waals surface area (Å²) in [5.41, 5.74) is 2.29. The highest BCUT2D eigenvalue weighted by atomic mass is 79.9. The predicted octanol–water partition coefficient (Wildman–Crippen LogP) is 3.65. The Balaban J connectivity index is 2.64. The summed E-state index contributed by atoms with van der Waals surface area (Å²) in [7, 11) is 0. The molecule has 0 radical (unpaired) electrons. The molecule has 0 aliphatic carbocycles. The van der Waals surface area contributed by atoms with Crippen LogP contribution in [0.3, 0.4) is 0 Å². The molecule has 0 nitrogen and oxygen atoms in total. The van der Waals surface area contributed by atoms with Gasteiger partial charge in [0, 0.05) is 5.33 Å². The van der Waals surface area contributed by atoms with E-state index >= 15 is 0 Å². The van der Waals surface area contributed by atoms with Crippen molar-refractivity contribution in [3.05, 3.63) is 54.1 Å². The van der Waals surface area contributed by atoms with Crippen LogP contribution in [0.4, 0.5) is 0 Å². The quantitative estimate of drug-likeness (QED) is 0.542. The van der Waals surface area contributed by atoms with E-state index in [1.54, 1.807) is 0 Å².